The van der Waals surface area contributed by atoms with Gasteiger partial charge in [0, 0.05) is 18.1 Å². The molecule has 3 aromatic rings. The van der Waals surface area contributed by atoms with Crippen LogP contribution >= 0.6 is 28.1 Å². The van der Waals surface area contributed by atoms with Crippen molar-refractivity contribution in [2.45, 2.75) is 26.2 Å². The van der Waals surface area contributed by atoms with Crippen molar-refractivity contribution in [3.05, 3.63) is 94.0 Å². The van der Waals surface area contributed by atoms with Gasteiger partial charge in [-0.3, -0.25) is 14.9 Å². The molecule has 8 heteroatoms. The molecule has 3 rings (SSSR count). The van der Waals surface area contributed by atoms with Gasteiger partial charge in [0.2, 0.25) is 0 Å². The number of benzene rings is 3. The van der Waals surface area contributed by atoms with Crippen LogP contribution in [0.15, 0.2) is 77.3 Å². The molecule has 2 amide bonds. The molecule has 0 aliphatic heterocycles. The fourth-order valence-electron chi connectivity index (χ4n) is 3.51. The number of para-hydroxylation sites is 1. The quantitative estimate of drug-likeness (QED) is 0.241. The molecule has 0 unspecified atom stereocenters. The van der Waals surface area contributed by atoms with E-state index in [2.05, 4.69) is 33.5 Å². The highest BCUT2D eigenvalue weighted by molar-refractivity contribution is 9.10. The van der Waals surface area contributed by atoms with E-state index >= 15 is 0 Å². The molecule has 0 aliphatic carbocycles. The van der Waals surface area contributed by atoms with Crippen LogP contribution in [0.4, 0.5) is 5.69 Å². The summed E-state index contributed by atoms with van der Waals surface area (Å²) in [5.74, 6) is -0.0988. The number of thiocarbonyl (C=S) groups is 1. The van der Waals surface area contributed by atoms with Gasteiger partial charge in [0.1, 0.15) is 5.75 Å². The van der Waals surface area contributed by atoms with E-state index in [9.17, 15) is 9.59 Å². The van der Waals surface area contributed by atoms with Gasteiger partial charge >= 0.3 is 0 Å². The first-order valence-electron chi connectivity index (χ1n) is 11.8. The van der Waals surface area contributed by atoms with Crippen molar-refractivity contribution in [1.29, 1.82) is 0 Å². The molecule has 0 radical (unpaired) electrons. The Morgan fingerprint density at radius 3 is 2.44 bits per heavy atom. The number of ether oxygens (including phenoxy) is 1. The Kier molecular flexibility index (Phi) is 10.5. The van der Waals surface area contributed by atoms with Crippen molar-refractivity contribution in [3.8, 4) is 5.75 Å². The van der Waals surface area contributed by atoms with Crippen molar-refractivity contribution in [2.75, 3.05) is 25.1 Å². The van der Waals surface area contributed by atoms with Crippen molar-refractivity contribution < 1.29 is 14.3 Å². The first-order valence-corrected chi connectivity index (χ1v) is 13.0. The van der Waals surface area contributed by atoms with E-state index in [1.807, 2.05) is 42.5 Å². The third-order valence-corrected chi connectivity index (χ3v) is 6.39. The number of hydrogen-bond acceptors (Lipinski definition) is 4. The van der Waals surface area contributed by atoms with Gasteiger partial charge in [-0.05, 0) is 61.0 Å². The maximum Gasteiger partial charge on any atom is 0.261 e. The molecule has 0 spiro atoms. The van der Waals surface area contributed by atoms with Gasteiger partial charge in [-0.15, -0.1) is 0 Å². The number of anilines is 1. The molecule has 0 saturated heterocycles. The number of nitrogens with one attached hydrogen (secondary N) is 2. The van der Waals surface area contributed by atoms with E-state index < -0.39 is 0 Å². The summed E-state index contributed by atoms with van der Waals surface area (Å²) in [6.45, 7) is 3.11. The van der Waals surface area contributed by atoms with Gasteiger partial charge in [-0.25, -0.2) is 0 Å². The number of carbonyl (C=O) groups is 2. The number of carbonyl (C=O) groups excluding carboxylic acids is 2. The van der Waals surface area contributed by atoms with Crippen LogP contribution in [0.5, 0.6) is 5.75 Å². The Bertz CT molecular complexity index is 1200. The molecule has 0 heterocycles. The number of amides is 2. The predicted octanol–water partition coefficient (Wildman–Crippen LogP) is 5.75. The molecule has 0 aromatic heterocycles. The van der Waals surface area contributed by atoms with E-state index in [4.69, 9.17) is 17.0 Å². The van der Waals surface area contributed by atoms with Crippen LogP contribution in [0, 0.1) is 0 Å². The molecule has 36 heavy (non-hydrogen) atoms. The zero-order chi connectivity index (χ0) is 25.9. The number of hydrogen-bond donors (Lipinski definition) is 2. The van der Waals surface area contributed by atoms with E-state index in [1.54, 1.807) is 42.3 Å². The lowest BCUT2D eigenvalue weighted by molar-refractivity contribution is 0.0952. The first-order chi connectivity index (χ1) is 17.4. The van der Waals surface area contributed by atoms with Gasteiger partial charge in [0.15, 0.2) is 5.11 Å². The SMILES string of the molecule is CCCCOc1ccc(Br)cc1C(=O)NC(=S)N(C)c1ccccc1C(=O)NCCc1ccccc1. The fraction of sp³-hybridized carbons (Fsp3) is 0.250. The Balaban J connectivity index is 1.68. The molecule has 6 nitrogen and oxygen atoms in total. The minimum Gasteiger partial charge on any atom is -0.493 e. The number of rotatable bonds is 10. The van der Waals surface area contributed by atoms with Crippen molar-refractivity contribution in [1.82, 2.24) is 10.6 Å². The topological polar surface area (TPSA) is 70.7 Å². The zero-order valence-corrected chi connectivity index (χ0v) is 22.8. The summed E-state index contributed by atoms with van der Waals surface area (Å²) in [5, 5.41) is 5.91. The van der Waals surface area contributed by atoms with Crippen LogP contribution in [-0.4, -0.2) is 37.1 Å². The highest BCUT2D eigenvalue weighted by atomic mass is 79.9. The molecule has 0 saturated carbocycles. The van der Waals surface area contributed by atoms with Gasteiger partial charge in [-0.2, -0.15) is 0 Å². The molecule has 0 fully saturated rings. The zero-order valence-electron chi connectivity index (χ0n) is 20.4. The van der Waals surface area contributed by atoms with Crippen molar-refractivity contribution >= 4 is 50.8 Å². The average Bonchev–Trinajstić information content (AvgIpc) is 2.89. The van der Waals surface area contributed by atoms with Gasteiger partial charge in [0.05, 0.1) is 23.4 Å². The average molecular weight is 569 g/mol. The molecule has 0 atom stereocenters. The van der Waals surface area contributed by atoms with Crippen molar-refractivity contribution in [3.63, 3.8) is 0 Å². The molecular weight excluding hydrogens is 538 g/mol. The highest BCUT2D eigenvalue weighted by Crippen LogP contribution is 2.24. The van der Waals surface area contributed by atoms with Crippen LogP contribution in [0.25, 0.3) is 0 Å². The third-order valence-electron chi connectivity index (χ3n) is 5.52. The normalized spacial score (nSPS) is 10.4. The molecule has 2 N–H and O–H groups in total. The van der Waals surface area contributed by atoms with Gasteiger partial charge in [-0.1, -0.05) is 71.7 Å². The van der Waals surface area contributed by atoms with Crippen molar-refractivity contribution in [2.24, 2.45) is 0 Å². The fourth-order valence-corrected chi connectivity index (χ4v) is 4.06. The lowest BCUT2D eigenvalue weighted by Gasteiger charge is -2.23. The minimum absolute atomic E-state index is 0.170. The lowest BCUT2D eigenvalue weighted by atomic mass is 10.1. The van der Waals surface area contributed by atoms with E-state index in [1.165, 1.54) is 0 Å². The number of nitrogens with zero attached hydrogens (tertiary/aromatic N) is 1. The van der Waals surface area contributed by atoms with Crippen LogP contribution in [0.3, 0.4) is 0 Å². The maximum atomic E-state index is 13.1. The molecule has 3 aromatic carbocycles. The van der Waals surface area contributed by atoms with Crippen LogP contribution in [0.2, 0.25) is 0 Å². The number of unbranched alkanes of at least 4 members (excludes halogenated alkanes) is 1. The second kappa shape index (κ2) is 13.8. The molecular formula is C28H30BrN3O3S. The molecule has 0 aliphatic rings. The summed E-state index contributed by atoms with van der Waals surface area (Å²) in [6.07, 6.45) is 2.61. The van der Waals surface area contributed by atoms with E-state index in [-0.39, 0.29) is 16.9 Å². The second-order valence-corrected chi connectivity index (χ2v) is 9.47. The monoisotopic (exact) mass is 567 g/mol. The van der Waals surface area contributed by atoms with Gasteiger partial charge < -0.3 is 15.0 Å². The summed E-state index contributed by atoms with van der Waals surface area (Å²) < 4.78 is 6.57. The van der Waals surface area contributed by atoms with E-state index in [0.717, 1.165) is 29.3 Å². The smallest absolute Gasteiger partial charge is 0.261 e. The summed E-state index contributed by atoms with van der Waals surface area (Å²) in [5.41, 5.74) is 2.59. The minimum atomic E-state index is -0.385. The summed E-state index contributed by atoms with van der Waals surface area (Å²) in [6, 6.07) is 22.4. The third kappa shape index (κ3) is 7.63. The summed E-state index contributed by atoms with van der Waals surface area (Å²) in [7, 11) is 1.72. The molecule has 188 valence electrons. The Morgan fingerprint density at radius 2 is 1.69 bits per heavy atom. The first kappa shape index (κ1) is 27.4. The second-order valence-electron chi connectivity index (χ2n) is 8.17. The Hall–Kier alpha value is -3.23. The van der Waals surface area contributed by atoms with Crippen LogP contribution in [0.1, 0.15) is 46.0 Å². The lowest BCUT2D eigenvalue weighted by Crippen LogP contribution is -2.41. The highest BCUT2D eigenvalue weighted by Gasteiger charge is 2.20. The Labute approximate surface area is 226 Å². The number of halogens is 1. The largest absolute Gasteiger partial charge is 0.493 e. The standard InChI is InChI=1S/C28H30BrN3O3S/c1-3-4-18-35-25-15-14-21(29)19-23(25)27(34)31-28(36)32(2)24-13-9-8-12-22(24)26(33)30-17-16-20-10-6-5-7-11-20/h5-15,19H,3-4,16-18H2,1-2H3,(H,30,33)(H,31,34,36). The summed E-state index contributed by atoms with van der Waals surface area (Å²) >= 11 is 8.94. The Morgan fingerprint density at radius 1 is 0.972 bits per heavy atom. The maximum absolute atomic E-state index is 13.1. The molecule has 0 bridgehead atoms. The predicted molar refractivity (Wildman–Crippen MR) is 152 cm³/mol. The van der Waals surface area contributed by atoms with E-state index in [0.29, 0.717) is 35.7 Å². The van der Waals surface area contributed by atoms with Gasteiger partial charge in [0.25, 0.3) is 11.8 Å². The van der Waals surface area contributed by atoms with Crippen LogP contribution < -0.4 is 20.3 Å². The van der Waals surface area contributed by atoms with Crippen LogP contribution in [-0.2, 0) is 6.42 Å². The summed E-state index contributed by atoms with van der Waals surface area (Å²) in [4.78, 5) is 27.6.